The van der Waals surface area contributed by atoms with Crippen LogP contribution in [-0.2, 0) is 24.0 Å². The molecule has 13 N–H and O–H groups in total. The van der Waals surface area contributed by atoms with E-state index >= 15 is 0 Å². The van der Waals surface area contributed by atoms with Gasteiger partial charge < -0.3 is 49.1 Å². The number of carbonyl (C=O) groups is 5. The van der Waals surface area contributed by atoms with Crippen molar-refractivity contribution in [3.05, 3.63) is 0 Å². The molecule has 0 aromatic heterocycles. The minimum atomic E-state index is -1.58. The minimum Gasteiger partial charge on any atom is -0.480 e. The molecule has 0 aliphatic rings. The maximum atomic E-state index is 12.8. The second kappa shape index (κ2) is 14.6. The highest BCUT2D eigenvalue weighted by atomic mass is 16.4. The van der Waals surface area contributed by atoms with Gasteiger partial charge in [-0.25, -0.2) is 4.79 Å². The molecule has 4 unspecified atom stereocenters. The second-order valence-corrected chi connectivity index (χ2v) is 7.60. The number of nitrogens with two attached hydrogens (primary N) is 4. The normalized spacial score (nSPS) is 14.3. The first-order valence-corrected chi connectivity index (χ1v) is 10.1. The van der Waals surface area contributed by atoms with Crippen LogP contribution in [0.4, 0.5) is 0 Å². The molecule has 0 radical (unpaired) electrons. The molecule has 15 nitrogen and oxygen atoms in total. The van der Waals surface area contributed by atoms with E-state index in [1.54, 1.807) is 13.8 Å². The number of rotatable bonds is 15. The first-order chi connectivity index (χ1) is 15.3. The van der Waals surface area contributed by atoms with Crippen LogP contribution in [-0.4, -0.2) is 83.1 Å². The number of primary amides is 1. The molecule has 15 heteroatoms. The Kier molecular flexibility index (Phi) is 13.0. The Morgan fingerprint density at radius 2 is 1.48 bits per heavy atom. The van der Waals surface area contributed by atoms with Gasteiger partial charge in [-0.1, -0.05) is 13.8 Å². The van der Waals surface area contributed by atoms with Gasteiger partial charge in [0, 0.05) is 6.54 Å². The number of guanidine groups is 1. The lowest BCUT2D eigenvalue weighted by atomic mass is 10.0. The number of hydrogen-bond acceptors (Lipinski definition) is 8. The van der Waals surface area contributed by atoms with Crippen LogP contribution < -0.4 is 38.9 Å². The molecule has 33 heavy (non-hydrogen) atoms. The van der Waals surface area contributed by atoms with Gasteiger partial charge in [-0.2, -0.15) is 0 Å². The van der Waals surface area contributed by atoms with Gasteiger partial charge >= 0.3 is 5.97 Å². The van der Waals surface area contributed by atoms with Crippen molar-refractivity contribution in [2.75, 3.05) is 13.2 Å². The van der Waals surface area contributed by atoms with Crippen LogP contribution in [0.15, 0.2) is 4.99 Å². The molecule has 0 saturated carbocycles. The number of nitrogens with zero attached hydrogens (tertiary/aromatic N) is 1. The van der Waals surface area contributed by atoms with E-state index in [2.05, 4.69) is 20.9 Å². The van der Waals surface area contributed by atoms with Crippen LogP contribution >= 0.6 is 0 Å². The van der Waals surface area contributed by atoms with Gasteiger partial charge in [0.2, 0.25) is 23.6 Å². The third-order valence-electron chi connectivity index (χ3n) is 4.38. The summed E-state index contributed by atoms with van der Waals surface area (Å²) in [7, 11) is 0. The fourth-order valence-corrected chi connectivity index (χ4v) is 2.59. The van der Waals surface area contributed by atoms with Crippen LogP contribution in [0, 0.1) is 5.92 Å². The fraction of sp³-hybridized carbons (Fsp3) is 0.667. The third kappa shape index (κ3) is 11.6. The van der Waals surface area contributed by atoms with E-state index in [1.807, 2.05) is 0 Å². The SMILES string of the molecule is CC(C)C(NC(=O)C(CCCN=C(N)N)NC(=O)C(N)CO)C(=O)NC(CC(N)=O)C(=O)O. The summed E-state index contributed by atoms with van der Waals surface area (Å²) in [5.74, 6) is -5.45. The third-order valence-corrected chi connectivity index (χ3v) is 4.38. The van der Waals surface area contributed by atoms with Crippen molar-refractivity contribution >= 4 is 35.6 Å². The highest BCUT2D eigenvalue weighted by molar-refractivity contribution is 5.95. The van der Waals surface area contributed by atoms with Gasteiger partial charge in [0.25, 0.3) is 0 Å². The van der Waals surface area contributed by atoms with Crippen LogP contribution in [0.2, 0.25) is 0 Å². The monoisotopic (exact) mass is 474 g/mol. The zero-order valence-electron chi connectivity index (χ0n) is 18.6. The quantitative estimate of drug-likeness (QED) is 0.0622. The highest BCUT2D eigenvalue weighted by Gasteiger charge is 2.32. The van der Waals surface area contributed by atoms with E-state index in [-0.39, 0.29) is 25.3 Å². The van der Waals surface area contributed by atoms with E-state index in [9.17, 15) is 29.1 Å². The number of carboxylic acids is 1. The molecule has 0 saturated heterocycles. The maximum Gasteiger partial charge on any atom is 0.326 e. The number of carboxylic acid groups (broad SMARTS) is 1. The summed E-state index contributed by atoms with van der Waals surface area (Å²) < 4.78 is 0. The molecule has 0 aliphatic heterocycles. The van der Waals surface area contributed by atoms with Gasteiger partial charge in [-0.3, -0.25) is 24.2 Å². The molecule has 188 valence electrons. The summed E-state index contributed by atoms with van der Waals surface area (Å²) in [5.41, 5.74) is 21.0. The first-order valence-electron chi connectivity index (χ1n) is 10.1. The molecule has 0 bridgehead atoms. The van der Waals surface area contributed by atoms with Crippen molar-refractivity contribution in [2.24, 2.45) is 33.8 Å². The van der Waals surface area contributed by atoms with E-state index in [0.29, 0.717) is 0 Å². The van der Waals surface area contributed by atoms with Crippen LogP contribution in [0.3, 0.4) is 0 Å². The number of amides is 4. The second-order valence-electron chi connectivity index (χ2n) is 7.60. The predicted molar refractivity (Wildman–Crippen MR) is 117 cm³/mol. The molecular weight excluding hydrogens is 440 g/mol. The van der Waals surface area contributed by atoms with Gasteiger partial charge in [0.1, 0.15) is 24.2 Å². The molecule has 0 fully saturated rings. The van der Waals surface area contributed by atoms with E-state index in [1.165, 1.54) is 0 Å². The topological polar surface area (TPSA) is 278 Å². The van der Waals surface area contributed by atoms with Gasteiger partial charge in [0.05, 0.1) is 13.0 Å². The van der Waals surface area contributed by atoms with Crippen LogP contribution in [0.25, 0.3) is 0 Å². The molecule has 4 amide bonds. The Labute approximate surface area is 190 Å². The average molecular weight is 475 g/mol. The number of aliphatic hydroxyl groups is 1. The van der Waals surface area contributed by atoms with Crippen molar-refractivity contribution in [3.63, 3.8) is 0 Å². The molecule has 0 rings (SSSR count). The van der Waals surface area contributed by atoms with E-state index in [4.69, 9.17) is 28.0 Å². The number of carbonyl (C=O) groups excluding carboxylic acids is 4. The molecule has 4 atom stereocenters. The average Bonchev–Trinajstić information content (AvgIpc) is 2.71. The fourth-order valence-electron chi connectivity index (χ4n) is 2.59. The van der Waals surface area contributed by atoms with Gasteiger partial charge in [-0.05, 0) is 18.8 Å². The number of aliphatic hydroxyl groups excluding tert-OH is 1. The molecule has 0 aliphatic carbocycles. The summed E-state index contributed by atoms with van der Waals surface area (Å²) in [6, 6.07) is -5.20. The number of aliphatic imine (C=N–C) groups is 1. The summed E-state index contributed by atoms with van der Waals surface area (Å²) in [5, 5.41) is 25.2. The zero-order valence-corrected chi connectivity index (χ0v) is 18.6. The van der Waals surface area contributed by atoms with E-state index in [0.717, 1.165) is 0 Å². The first kappa shape index (κ1) is 29.5. The Balaban J connectivity index is 5.47. The Bertz CT molecular complexity index is 739. The molecule has 0 spiro atoms. The summed E-state index contributed by atoms with van der Waals surface area (Å²) >= 11 is 0. The lowest BCUT2D eigenvalue weighted by Crippen LogP contribution is -2.58. The van der Waals surface area contributed by atoms with E-state index < -0.39 is 72.7 Å². The largest absolute Gasteiger partial charge is 0.480 e. The molecule has 0 heterocycles. The zero-order chi connectivity index (χ0) is 25.7. The maximum absolute atomic E-state index is 12.8. The number of nitrogens with one attached hydrogen (secondary N) is 3. The lowest BCUT2D eigenvalue weighted by molar-refractivity contribution is -0.144. The van der Waals surface area contributed by atoms with Crippen molar-refractivity contribution in [1.82, 2.24) is 16.0 Å². The molecule has 0 aromatic carbocycles. The highest BCUT2D eigenvalue weighted by Crippen LogP contribution is 2.07. The van der Waals surface area contributed by atoms with Gasteiger partial charge in [0.15, 0.2) is 5.96 Å². The molecule has 0 aromatic rings. The van der Waals surface area contributed by atoms with Crippen molar-refractivity contribution in [2.45, 2.75) is 57.3 Å². The lowest BCUT2D eigenvalue weighted by Gasteiger charge is -2.26. The predicted octanol–water partition coefficient (Wildman–Crippen LogP) is -4.57. The van der Waals surface area contributed by atoms with Crippen LogP contribution in [0.1, 0.15) is 33.1 Å². The summed E-state index contributed by atoms with van der Waals surface area (Å²) in [4.78, 5) is 63.7. The smallest absolute Gasteiger partial charge is 0.326 e. The summed E-state index contributed by atoms with van der Waals surface area (Å²) in [6.45, 7) is 2.71. The number of hydrogen-bond donors (Lipinski definition) is 9. The number of aliphatic carboxylic acids is 1. The van der Waals surface area contributed by atoms with Gasteiger partial charge in [-0.15, -0.1) is 0 Å². The van der Waals surface area contributed by atoms with Crippen molar-refractivity contribution in [3.8, 4) is 0 Å². The molecular formula is C18H34N8O7. The van der Waals surface area contributed by atoms with Crippen LogP contribution in [0.5, 0.6) is 0 Å². The summed E-state index contributed by atoms with van der Waals surface area (Å²) in [6.07, 6.45) is -0.288. The van der Waals surface area contributed by atoms with Crippen molar-refractivity contribution in [1.29, 1.82) is 0 Å². The Morgan fingerprint density at radius 3 is 1.94 bits per heavy atom. The van der Waals surface area contributed by atoms with Crippen molar-refractivity contribution < 1.29 is 34.2 Å². The Morgan fingerprint density at radius 1 is 0.909 bits per heavy atom. The minimum absolute atomic E-state index is 0.0678. The standard InChI is InChI=1S/C18H34N8O7/c1-8(2)13(16(31)25-11(17(32)33)6-12(20)28)26-15(30)10(4-3-5-23-18(21)22)24-14(29)9(19)7-27/h8-11,13,27H,3-7,19H2,1-2H3,(H2,20,28)(H,24,29)(H,25,31)(H,26,30)(H,32,33)(H4,21,22,23). The Hall–Kier alpha value is -3.46.